The van der Waals surface area contributed by atoms with Crippen LogP contribution in [-0.2, 0) is 4.74 Å². The second-order valence-corrected chi connectivity index (χ2v) is 7.73. The second-order valence-electron chi connectivity index (χ2n) is 7.30. The molecular weight excluding hydrogens is 316 g/mol. The summed E-state index contributed by atoms with van der Waals surface area (Å²) in [5.74, 6) is 0.549. The van der Waals surface area contributed by atoms with Crippen molar-refractivity contribution >= 4 is 17.7 Å². The van der Waals surface area contributed by atoms with Crippen LogP contribution in [0.5, 0.6) is 5.88 Å². The van der Waals surface area contributed by atoms with Crippen LogP contribution in [0.1, 0.15) is 46.5 Å². The molecule has 2 bridgehead atoms. The zero-order valence-electron chi connectivity index (χ0n) is 13.8. The van der Waals surface area contributed by atoms with Gasteiger partial charge < -0.3 is 14.4 Å². The van der Waals surface area contributed by atoms with E-state index in [1.165, 1.54) is 0 Å². The van der Waals surface area contributed by atoms with E-state index in [-0.39, 0.29) is 24.3 Å². The summed E-state index contributed by atoms with van der Waals surface area (Å²) in [4.78, 5) is 18.5. The fraction of sp³-hybridized carbons (Fsp3) is 0.647. The molecule has 23 heavy (non-hydrogen) atoms. The van der Waals surface area contributed by atoms with Crippen LogP contribution in [0.4, 0.5) is 4.79 Å². The van der Waals surface area contributed by atoms with Gasteiger partial charge in [0.05, 0.1) is 0 Å². The van der Waals surface area contributed by atoms with E-state index in [0.717, 1.165) is 25.7 Å². The van der Waals surface area contributed by atoms with Crippen molar-refractivity contribution in [3.05, 3.63) is 23.4 Å². The monoisotopic (exact) mass is 338 g/mol. The largest absolute Gasteiger partial charge is 0.474 e. The SMILES string of the molecule is CC(C)(C)OC(=O)N1[C@@H]2CC[C@H]1CC(Oc1cc(Cl)ccn1)C2. The summed E-state index contributed by atoms with van der Waals surface area (Å²) in [6.45, 7) is 5.69. The van der Waals surface area contributed by atoms with E-state index in [4.69, 9.17) is 21.1 Å². The third-order valence-electron chi connectivity index (χ3n) is 4.28. The minimum atomic E-state index is -0.464. The maximum atomic E-state index is 12.4. The third-order valence-corrected chi connectivity index (χ3v) is 4.51. The molecule has 0 N–H and O–H groups in total. The van der Waals surface area contributed by atoms with Crippen LogP contribution in [0.25, 0.3) is 0 Å². The molecule has 1 aromatic heterocycles. The number of hydrogen-bond donors (Lipinski definition) is 0. The van der Waals surface area contributed by atoms with Crippen molar-refractivity contribution in [3.63, 3.8) is 0 Å². The predicted molar refractivity (Wildman–Crippen MR) is 87.8 cm³/mol. The number of carbonyl (C=O) groups excluding carboxylic acids is 1. The lowest BCUT2D eigenvalue weighted by atomic mass is 10.0. The molecule has 2 aliphatic rings. The van der Waals surface area contributed by atoms with Crippen molar-refractivity contribution < 1.29 is 14.3 Å². The average molecular weight is 339 g/mol. The highest BCUT2D eigenvalue weighted by atomic mass is 35.5. The summed E-state index contributed by atoms with van der Waals surface area (Å²) >= 11 is 5.97. The van der Waals surface area contributed by atoms with Gasteiger partial charge in [-0.15, -0.1) is 0 Å². The van der Waals surface area contributed by atoms with Crippen molar-refractivity contribution in [2.24, 2.45) is 0 Å². The van der Waals surface area contributed by atoms with Crippen LogP contribution in [0, 0.1) is 0 Å². The highest BCUT2D eigenvalue weighted by Crippen LogP contribution is 2.38. The van der Waals surface area contributed by atoms with Crippen molar-refractivity contribution in [2.45, 2.75) is 70.2 Å². The molecule has 3 heterocycles. The van der Waals surface area contributed by atoms with Crippen molar-refractivity contribution in [1.29, 1.82) is 0 Å². The van der Waals surface area contributed by atoms with E-state index < -0.39 is 5.60 Å². The van der Waals surface area contributed by atoms with E-state index in [2.05, 4.69) is 4.98 Å². The van der Waals surface area contributed by atoms with Crippen molar-refractivity contribution in [2.75, 3.05) is 0 Å². The Morgan fingerprint density at radius 2 is 1.96 bits per heavy atom. The first-order chi connectivity index (χ1) is 10.8. The molecule has 126 valence electrons. The number of hydrogen-bond acceptors (Lipinski definition) is 4. The molecule has 1 aromatic rings. The Labute approximate surface area is 141 Å². The second kappa shape index (κ2) is 6.19. The van der Waals surface area contributed by atoms with E-state index in [0.29, 0.717) is 10.9 Å². The van der Waals surface area contributed by atoms with E-state index in [1.54, 1.807) is 18.3 Å². The highest BCUT2D eigenvalue weighted by molar-refractivity contribution is 6.30. The van der Waals surface area contributed by atoms with Crippen LogP contribution in [0.2, 0.25) is 5.02 Å². The first-order valence-corrected chi connectivity index (χ1v) is 8.49. The number of ether oxygens (including phenoxy) is 2. The van der Waals surface area contributed by atoms with Gasteiger partial charge in [0.1, 0.15) is 11.7 Å². The molecule has 0 aromatic carbocycles. The molecule has 5 nitrogen and oxygen atoms in total. The van der Waals surface area contributed by atoms with Crippen molar-refractivity contribution in [1.82, 2.24) is 9.88 Å². The first kappa shape index (κ1) is 16.4. The molecule has 0 spiro atoms. The number of pyridine rings is 1. The fourth-order valence-corrected chi connectivity index (χ4v) is 3.61. The maximum absolute atomic E-state index is 12.4. The molecule has 6 heteroatoms. The quantitative estimate of drug-likeness (QED) is 0.816. The molecule has 0 radical (unpaired) electrons. The molecule has 1 amide bonds. The topological polar surface area (TPSA) is 51.7 Å². The van der Waals surface area contributed by atoms with Gasteiger partial charge in [-0.25, -0.2) is 9.78 Å². The fourth-order valence-electron chi connectivity index (χ4n) is 3.46. The lowest BCUT2D eigenvalue weighted by Crippen LogP contribution is -2.50. The van der Waals surface area contributed by atoms with Gasteiger partial charge in [0.2, 0.25) is 5.88 Å². The molecule has 3 atom stereocenters. The molecule has 2 aliphatic heterocycles. The number of amides is 1. The summed E-state index contributed by atoms with van der Waals surface area (Å²) in [6.07, 6.45) is 5.14. The predicted octanol–water partition coefficient (Wildman–Crippen LogP) is 4.04. The van der Waals surface area contributed by atoms with Crippen LogP contribution in [-0.4, -0.2) is 39.8 Å². The van der Waals surface area contributed by atoms with E-state index in [9.17, 15) is 4.79 Å². The van der Waals surface area contributed by atoms with Gasteiger partial charge in [0.15, 0.2) is 0 Å². The van der Waals surface area contributed by atoms with Gasteiger partial charge in [-0.2, -0.15) is 0 Å². The Morgan fingerprint density at radius 3 is 2.52 bits per heavy atom. The molecule has 2 fully saturated rings. The third kappa shape index (κ3) is 3.89. The number of piperidine rings is 1. The van der Waals surface area contributed by atoms with Crippen LogP contribution < -0.4 is 4.74 Å². The lowest BCUT2D eigenvalue weighted by Gasteiger charge is -2.39. The number of nitrogens with zero attached hydrogens (tertiary/aromatic N) is 2. The Bertz CT molecular complexity index is 573. The zero-order chi connectivity index (χ0) is 16.6. The Balaban J connectivity index is 1.64. The number of rotatable bonds is 2. The van der Waals surface area contributed by atoms with E-state index in [1.807, 2.05) is 25.7 Å². The van der Waals surface area contributed by atoms with Gasteiger partial charge in [0, 0.05) is 42.2 Å². The normalized spacial score (nSPS) is 27.0. The van der Waals surface area contributed by atoms with E-state index >= 15 is 0 Å². The first-order valence-electron chi connectivity index (χ1n) is 8.11. The summed E-state index contributed by atoms with van der Waals surface area (Å²) in [7, 11) is 0. The molecule has 0 saturated carbocycles. The van der Waals surface area contributed by atoms with Gasteiger partial charge >= 0.3 is 6.09 Å². The van der Waals surface area contributed by atoms with Crippen LogP contribution in [0.3, 0.4) is 0 Å². The van der Waals surface area contributed by atoms with Gasteiger partial charge in [-0.3, -0.25) is 0 Å². The zero-order valence-corrected chi connectivity index (χ0v) is 14.5. The Hall–Kier alpha value is -1.49. The maximum Gasteiger partial charge on any atom is 0.410 e. The summed E-state index contributed by atoms with van der Waals surface area (Å²) in [5.41, 5.74) is -0.464. The highest BCUT2D eigenvalue weighted by Gasteiger charge is 2.45. The molecule has 2 saturated heterocycles. The molecule has 3 rings (SSSR count). The summed E-state index contributed by atoms with van der Waals surface area (Å²) in [5, 5.41) is 0.615. The molecule has 0 aliphatic carbocycles. The van der Waals surface area contributed by atoms with Gasteiger partial charge in [-0.1, -0.05) is 11.6 Å². The Morgan fingerprint density at radius 1 is 1.30 bits per heavy atom. The number of fused-ring (bicyclic) bond motifs is 2. The summed E-state index contributed by atoms with van der Waals surface area (Å²) < 4.78 is 11.5. The number of halogens is 1. The van der Waals surface area contributed by atoms with Gasteiger partial charge in [0.25, 0.3) is 0 Å². The standard InChI is InChI=1S/C17H23ClN2O3/c1-17(2,3)23-16(21)20-12-4-5-13(20)10-14(9-12)22-15-8-11(18)6-7-19-15/h6-8,12-14H,4-5,9-10H2,1-3H3/t12-,13+,14?. The number of carbonyl (C=O) groups is 1. The lowest BCUT2D eigenvalue weighted by molar-refractivity contribution is -0.00758. The van der Waals surface area contributed by atoms with Crippen LogP contribution in [0.15, 0.2) is 18.3 Å². The average Bonchev–Trinajstić information content (AvgIpc) is 2.69. The minimum Gasteiger partial charge on any atom is -0.474 e. The molecular formula is C17H23ClN2O3. The van der Waals surface area contributed by atoms with Crippen molar-refractivity contribution in [3.8, 4) is 5.88 Å². The van der Waals surface area contributed by atoms with Gasteiger partial charge in [-0.05, 0) is 39.7 Å². The minimum absolute atomic E-state index is 0.0668. The summed E-state index contributed by atoms with van der Waals surface area (Å²) in [6, 6.07) is 3.83. The Kier molecular flexibility index (Phi) is 4.41. The smallest absolute Gasteiger partial charge is 0.410 e. The van der Waals surface area contributed by atoms with Crippen LogP contribution >= 0.6 is 11.6 Å². The number of aromatic nitrogens is 1. The molecule has 1 unspecified atom stereocenters.